The number of thiazole rings is 1. The maximum atomic E-state index is 12.2. The third kappa shape index (κ3) is 3.14. The molecular weight excluding hydrogens is 302 g/mol. The summed E-state index contributed by atoms with van der Waals surface area (Å²) in [6.45, 7) is 2.34. The van der Waals surface area contributed by atoms with Gasteiger partial charge in [-0.2, -0.15) is 0 Å². The fourth-order valence-corrected chi connectivity index (χ4v) is 3.36. The molecule has 102 valence electrons. The van der Waals surface area contributed by atoms with Crippen molar-refractivity contribution < 1.29 is 4.79 Å². The first-order chi connectivity index (χ1) is 9.02. The third-order valence-electron chi connectivity index (χ3n) is 2.83. The lowest BCUT2D eigenvalue weighted by Crippen LogP contribution is -2.39. The molecule has 2 rings (SSSR count). The lowest BCUT2D eigenvalue weighted by Gasteiger charge is -2.22. The molecule has 0 fully saturated rings. The minimum Gasteiger partial charge on any atom is -0.336 e. The Bertz CT molecular complexity index is 581. The van der Waals surface area contributed by atoms with Crippen molar-refractivity contribution in [1.82, 2.24) is 9.88 Å². The first kappa shape index (κ1) is 14.5. The van der Waals surface area contributed by atoms with Crippen LogP contribution in [-0.2, 0) is 0 Å². The number of hydrogen-bond acceptors (Lipinski definition) is 5. The van der Waals surface area contributed by atoms with Crippen LogP contribution in [0.5, 0.6) is 0 Å². The molecule has 2 aromatic rings. The van der Waals surface area contributed by atoms with Crippen molar-refractivity contribution >= 4 is 40.2 Å². The van der Waals surface area contributed by atoms with E-state index >= 15 is 0 Å². The highest BCUT2D eigenvalue weighted by Crippen LogP contribution is 2.33. The summed E-state index contributed by atoms with van der Waals surface area (Å²) in [6.07, 6.45) is 0. The maximum Gasteiger partial charge on any atom is 0.273 e. The molecule has 0 aliphatic carbocycles. The van der Waals surface area contributed by atoms with E-state index in [2.05, 4.69) is 4.98 Å². The van der Waals surface area contributed by atoms with Crippen LogP contribution in [0.4, 0.5) is 0 Å². The molecule has 0 aromatic carbocycles. The average molecular weight is 316 g/mol. The van der Waals surface area contributed by atoms with E-state index in [0.29, 0.717) is 16.6 Å². The third-order valence-corrected chi connectivity index (χ3v) is 5.07. The van der Waals surface area contributed by atoms with Crippen molar-refractivity contribution in [2.45, 2.75) is 13.0 Å². The zero-order chi connectivity index (χ0) is 14.0. The Morgan fingerprint density at radius 3 is 2.89 bits per heavy atom. The number of thiophene rings is 1. The van der Waals surface area contributed by atoms with Gasteiger partial charge in [0.15, 0.2) is 0 Å². The van der Waals surface area contributed by atoms with Gasteiger partial charge < -0.3 is 10.6 Å². The van der Waals surface area contributed by atoms with E-state index in [-0.39, 0.29) is 11.9 Å². The molecule has 0 aliphatic heterocycles. The second-order valence-electron chi connectivity index (χ2n) is 4.14. The van der Waals surface area contributed by atoms with Crippen LogP contribution in [-0.4, -0.2) is 35.4 Å². The van der Waals surface area contributed by atoms with Gasteiger partial charge in [-0.25, -0.2) is 4.98 Å². The molecule has 0 saturated carbocycles. The molecule has 1 unspecified atom stereocenters. The molecule has 0 bridgehead atoms. The summed E-state index contributed by atoms with van der Waals surface area (Å²) in [5, 5.41) is 2.58. The highest BCUT2D eigenvalue weighted by molar-refractivity contribution is 7.23. The molecule has 0 radical (unpaired) electrons. The number of aromatic nitrogens is 1. The van der Waals surface area contributed by atoms with Crippen LogP contribution in [0.2, 0.25) is 4.34 Å². The van der Waals surface area contributed by atoms with Crippen molar-refractivity contribution in [2.24, 2.45) is 5.73 Å². The Hall–Kier alpha value is -0.950. The zero-order valence-electron chi connectivity index (χ0n) is 10.6. The largest absolute Gasteiger partial charge is 0.336 e. The van der Waals surface area contributed by atoms with Gasteiger partial charge in [0.05, 0.1) is 9.21 Å². The Kier molecular flexibility index (Phi) is 4.57. The summed E-state index contributed by atoms with van der Waals surface area (Å²) >= 11 is 8.79. The van der Waals surface area contributed by atoms with E-state index < -0.39 is 0 Å². The van der Waals surface area contributed by atoms with Gasteiger partial charge in [0.25, 0.3) is 5.91 Å². The van der Waals surface area contributed by atoms with Crippen molar-refractivity contribution in [3.8, 4) is 9.88 Å². The van der Waals surface area contributed by atoms with E-state index in [9.17, 15) is 4.79 Å². The number of nitrogens with zero attached hydrogens (tertiary/aromatic N) is 2. The molecule has 2 N–H and O–H groups in total. The fourth-order valence-electron chi connectivity index (χ4n) is 1.45. The number of carbonyl (C=O) groups is 1. The van der Waals surface area contributed by atoms with Crippen LogP contribution < -0.4 is 5.73 Å². The van der Waals surface area contributed by atoms with E-state index in [4.69, 9.17) is 17.3 Å². The molecule has 4 nitrogen and oxygen atoms in total. The number of nitrogens with two attached hydrogens (primary N) is 1. The lowest BCUT2D eigenvalue weighted by molar-refractivity contribution is 0.0743. The number of amides is 1. The highest BCUT2D eigenvalue weighted by Gasteiger charge is 2.19. The molecular formula is C12H14ClN3OS2. The van der Waals surface area contributed by atoms with E-state index in [1.54, 1.807) is 17.3 Å². The SMILES string of the molecule is CC(CN)N(C)C(=O)c1csc(-c2ccc(Cl)s2)n1. The van der Waals surface area contributed by atoms with Gasteiger partial charge in [-0.05, 0) is 19.1 Å². The van der Waals surface area contributed by atoms with Gasteiger partial charge in [0.1, 0.15) is 10.7 Å². The van der Waals surface area contributed by atoms with Gasteiger partial charge in [0, 0.05) is 25.0 Å². The monoisotopic (exact) mass is 315 g/mol. The Morgan fingerprint density at radius 1 is 1.58 bits per heavy atom. The highest BCUT2D eigenvalue weighted by atomic mass is 35.5. The summed E-state index contributed by atoms with van der Waals surface area (Å²) in [7, 11) is 1.74. The number of rotatable bonds is 4. The minimum absolute atomic E-state index is 0.00571. The fraction of sp³-hybridized carbons (Fsp3) is 0.333. The van der Waals surface area contributed by atoms with Crippen molar-refractivity contribution in [2.75, 3.05) is 13.6 Å². The van der Waals surface area contributed by atoms with Gasteiger partial charge >= 0.3 is 0 Å². The number of likely N-dealkylation sites (N-methyl/N-ethyl adjacent to an activating group) is 1. The van der Waals surface area contributed by atoms with Crippen LogP contribution in [0.25, 0.3) is 9.88 Å². The molecule has 0 aliphatic rings. The topological polar surface area (TPSA) is 59.2 Å². The first-order valence-electron chi connectivity index (χ1n) is 5.71. The average Bonchev–Trinajstić information content (AvgIpc) is 3.04. The first-order valence-corrected chi connectivity index (χ1v) is 7.78. The summed E-state index contributed by atoms with van der Waals surface area (Å²) in [5.74, 6) is -0.108. The minimum atomic E-state index is -0.108. The van der Waals surface area contributed by atoms with Crippen LogP contribution in [0, 0.1) is 0 Å². The second kappa shape index (κ2) is 6.00. The predicted octanol–water partition coefficient (Wildman–Crippen LogP) is 2.94. The van der Waals surface area contributed by atoms with Crippen LogP contribution in [0.1, 0.15) is 17.4 Å². The molecule has 0 spiro atoms. The Balaban J connectivity index is 2.19. The van der Waals surface area contributed by atoms with Crippen LogP contribution in [0.15, 0.2) is 17.5 Å². The second-order valence-corrected chi connectivity index (χ2v) is 6.72. The summed E-state index contributed by atoms with van der Waals surface area (Å²) in [5.41, 5.74) is 6.01. The van der Waals surface area contributed by atoms with Crippen molar-refractivity contribution in [3.05, 3.63) is 27.5 Å². The molecule has 2 aromatic heterocycles. The zero-order valence-corrected chi connectivity index (χ0v) is 13.0. The van der Waals surface area contributed by atoms with Gasteiger partial charge in [-0.3, -0.25) is 4.79 Å². The molecule has 2 heterocycles. The van der Waals surface area contributed by atoms with Crippen molar-refractivity contribution in [1.29, 1.82) is 0 Å². The summed E-state index contributed by atoms with van der Waals surface area (Å²) in [4.78, 5) is 19.1. The molecule has 19 heavy (non-hydrogen) atoms. The van der Waals surface area contributed by atoms with Crippen molar-refractivity contribution in [3.63, 3.8) is 0 Å². The smallest absolute Gasteiger partial charge is 0.273 e. The molecule has 1 amide bonds. The Labute approximate surface area is 124 Å². The molecule has 7 heteroatoms. The number of carbonyl (C=O) groups excluding carboxylic acids is 1. The van der Waals surface area contributed by atoms with Crippen LogP contribution >= 0.6 is 34.3 Å². The standard InChI is InChI=1S/C12H14ClN3OS2/c1-7(5-14)16(2)12(17)8-6-18-11(15-8)9-3-4-10(13)19-9/h3-4,6-7H,5,14H2,1-2H3. The summed E-state index contributed by atoms with van der Waals surface area (Å²) < 4.78 is 0.715. The maximum absolute atomic E-state index is 12.2. The normalized spacial score (nSPS) is 12.4. The molecule has 1 atom stereocenters. The quantitative estimate of drug-likeness (QED) is 0.943. The lowest BCUT2D eigenvalue weighted by atomic mass is 10.3. The van der Waals surface area contributed by atoms with Gasteiger partial charge in [0.2, 0.25) is 0 Å². The Morgan fingerprint density at radius 2 is 2.32 bits per heavy atom. The van der Waals surface area contributed by atoms with Gasteiger partial charge in [-0.1, -0.05) is 11.6 Å². The van der Waals surface area contributed by atoms with E-state index in [1.165, 1.54) is 22.7 Å². The molecule has 0 saturated heterocycles. The number of halogens is 1. The van der Waals surface area contributed by atoms with E-state index in [0.717, 1.165) is 9.88 Å². The predicted molar refractivity (Wildman–Crippen MR) is 81.0 cm³/mol. The van der Waals surface area contributed by atoms with E-state index in [1.807, 2.05) is 19.1 Å². The number of hydrogen-bond donors (Lipinski definition) is 1. The van der Waals surface area contributed by atoms with Crippen LogP contribution in [0.3, 0.4) is 0 Å². The summed E-state index contributed by atoms with van der Waals surface area (Å²) in [6, 6.07) is 3.73. The van der Waals surface area contributed by atoms with Gasteiger partial charge in [-0.15, -0.1) is 22.7 Å².